The maximum atomic E-state index is 6.06. The molecule has 0 spiro atoms. The van der Waals surface area contributed by atoms with Gasteiger partial charge in [0.25, 0.3) is 0 Å². The van der Waals surface area contributed by atoms with Crippen molar-refractivity contribution in [1.29, 1.82) is 0 Å². The van der Waals surface area contributed by atoms with Gasteiger partial charge in [-0.25, -0.2) is 0 Å². The maximum absolute atomic E-state index is 6.06. The van der Waals surface area contributed by atoms with E-state index in [1.807, 2.05) is 0 Å². The van der Waals surface area contributed by atoms with Gasteiger partial charge in [-0.15, -0.1) is 90.3 Å². The molecule has 0 bridgehead atoms. The van der Waals surface area contributed by atoms with E-state index < -0.39 is 0 Å². The summed E-state index contributed by atoms with van der Waals surface area (Å²) in [5.74, 6) is 2.34. The summed E-state index contributed by atoms with van der Waals surface area (Å²) in [6.07, 6.45) is 0. The molecule has 0 N–H and O–H groups in total. The SMILES string of the molecule is C[Si]C.Cc1ccc(C(C)C)c2cc(C)[c-](CCl)c12.Cc1ccc(C(C)C)c2cc(C)[c-](CCl)c12.[Zr].[Zr]. The second-order valence-electron chi connectivity index (χ2n) is 10.2. The van der Waals surface area contributed by atoms with Crippen LogP contribution in [0.15, 0.2) is 36.4 Å². The molecule has 0 atom stereocenters. The van der Waals surface area contributed by atoms with Crippen LogP contribution in [0.3, 0.4) is 0 Å². The Labute approximate surface area is 277 Å². The van der Waals surface area contributed by atoms with Crippen molar-refractivity contribution in [3.63, 3.8) is 0 Å². The van der Waals surface area contributed by atoms with E-state index in [2.05, 4.69) is 105 Å². The van der Waals surface area contributed by atoms with Gasteiger partial charge in [-0.3, -0.25) is 0 Å². The van der Waals surface area contributed by atoms with Crippen molar-refractivity contribution in [3.05, 3.63) is 80.9 Å². The number of hydrogen-bond acceptors (Lipinski definition) is 0. The Hall–Kier alpha value is 0.223. The van der Waals surface area contributed by atoms with Gasteiger partial charge in [0.1, 0.15) is 0 Å². The van der Waals surface area contributed by atoms with Crippen molar-refractivity contribution in [2.24, 2.45) is 0 Å². The van der Waals surface area contributed by atoms with Gasteiger partial charge in [0.05, 0.1) is 0 Å². The van der Waals surface area contributed by atoms with Gasteiger partial charge in [0, 0.05) is 73.7 Å². The Morgan fingerprint density at radius 2 is 0.946 bits per heavy atom. The second kappa shape index (κ2) is 17.1. The van der Waals surface area contributed by atoms with E-state index in [9.17, 15) is 0 Å². The number of fused-ring (bicyclic) bond motifs is 2. The van der Waals surface area contributed by atoms with Crippen LogP contribution in [0.5, 0.6) is 0 Å². The van der Waals surface area contributed by atoms with Crippen molar-refractivity contribution in [3.8, 4) is 0 Å². The van der Waals surface area contributed by atoms with E-state index >= 15 is 0 Å². The Bertz CT molecular complexity index is 1170. The molecule has 4 rings (SSSR count). The standard InChI is InChI=1S/2C15H18Cl.C2H6Si.2Zr/c2*1-9(2)12-6-5-10(3)15-13(12)7-11(4)14(15)8-16;1-3-2;;/h2*5-7,9H,8H2,1-4H3;1-2H3;;/q2*-1;;;. The van der Waals surface area contributed by atoms with Crippen LogP contribution in [-0.4, -0.2) is 9.52 Å². The largest absolute Gasteiger partial charge is 0.165 e. The molecule has 198 valence electrons. The first-order valence-corrected chi connectivity index (χ1v) is 15.7. The molecule has 4 aromatic rings. The van der Waals surface area contributed by atoms with Crippen LogP contribution in [-0.2, 0) is 64.2 Å². The number of hydrogen-bond donors (Lipinski definition) is 0. The van der Waals surface area contributed by atoms with Gasteiger partial charge in [0.2, 0.25) is 0 Å². The smallest absolute Gasteiger partial charge is 0.0307 e. The predicted molar refractivity (Wildman–Crippen MR) is 163 cm³/mol. The molecule has 5 heteroatoms. The number of alkyl halides is 2. The summed E-state index contributed by atoms with van der Waals surface area (Å²) >= 11 is 12.1. The molecule has 0 aliphatic heterocycles. The summed E-state index contributed by atoms with van der Waals surface area (Å²) in [5, 5.41) is 5.53. The minimum atomic E-state index is 0. The summed E-state index contributed by atoms with van der Waals surface area (Å²) in [6.45, 7) is 21.9. The van der Waals surface area contributed by atoms with Gasteiger partial charge in [0.15, 0.2) is 0 Å². The monoisotopic (exact) mass is 704 g/mol. The van der Waals surface area contributed by atoms with Crippen molar-refractivity contribution in [1.82, 2.24) is 0 Å². The van der Waals surface area contributed by atoms with Crippen molar-refractivity contribution >= 4 is 54.3 Å². The number of aryl methyl sites for hydroxylation is 4. The number of rotatable bonds is 4. The second-order valence-corrected chi connectivity index (χ2v) is 11.7. The molecule has 0 unspecified atom stereocenters. The zero-order valence-corrected chi connectivity index (χ0v) is 31.7. The fourth-order valence-corrected chi connectivity index (χ4v) is 5.64. The fourth-order valence-electron chi connectivity index (χ4n) is 4.95. The first-order chi connectivity index (χ1) is 16.5. The molecule has 0 aliphatic rings. The van der Waals surface area contributed by atoms with E-state index in [1.165, 1.54) is 66.1 Å². The average molecular weight is 708 g/mol. The third-order valence-electron chi connectivity index (χ3n) is 6.76. The van der Waals surface area contributed by atoms with E-state index in [4.69, 9.17) is 23.2 Å². The van der Waals surface area contributed by atoms with Crippen LogP contribution >= 0.6 is 23.2 Å². The zero-order valence-electron chi connectivity index (χ0n) is 24.3. The van der Waals surface area contributed by atoms with Crippen LogP contribution in [0.25, 0.3) is 21.5 Å². The quantitative estimate of drug-likeness (QED) is 0.113. The topological polar surface area (TPSA) is 0 Å². The van der Waals surface area contributed by atoms with Gasteiger partial charge in [-0.05, 0) is 11.8 Å². The third-order valence-corrected chi connectivity index (χ3v) is 7.30. The van der Waals surface area contributed by atoms with Crippen molar-refractivity contribution in [2.75, 3.05) is 0 Å². The minimum absolute atomic E-state index is 0. The van der Waals surface area contributed by atoms with Crippen LogP contribution in [0.2, 0.25) is 13.1 Å². The molecule has 0 aromatic heterocycles. The molecule has 0 saturated heterocycles. The average Bonchev–Trinajstić information content (AvgIpc) is 3.31. The molecule has 2 radical (unpaired) electrons. The summed E-state index contributed by atoms with van der Waals surface area (Å²) in [5.41, 5.74) is 10.8. The number of benzene rings is 2. The van der Waals surface area contributed by atoms with Crippen molar-refractivity contribution < 1.29 is 52.4 Å². The van der Waals surface area contributed by atoms with Crippen LogP contribution in [0.4, 0.5) is 0 Å². The normalized spacial score (nSPS) is 10.5. The minimum Gasteiger partial charge on any atom is -0.165 e. The van der Waals surface area contributed by atoms with Crippen LogP contribution in [0, 0.1) is 27.7 Å². The predicted octanol–water partition coefficient (Wildman–Crippen LogP) is 10.9. The molecule has 0 heterocycles. The zero-order chi connectivity index (χ0) is 26.4. The first kappa shape index (κ1) is 37.2. The molecular formula is C32H42Cl2SiZr2-2. The van der Waals surface area contributed by atoms with Gasteiger partial charge >= 0.3 is 0 Å². The molecule has 0 nitrogen and oxygen atoms in total. The van der Waals surface area contributed by atoms with Gasteiger partial charge in [-0.2, -0.15) is 12.1 Å². The van der Waals surface area contributed by atoms with E-state index in [0.717, 1.165) is 9.52 Å². The van der Waals surface area contributed by atoms with E-state index in [0.29, 0.717) is 23.6 Å². The summed E-state index contributed by atoms with van der Waals surface area (Å²) in [7, 11) is 1.08. The summed E-state index contributed by atoms with van der Waals surface area (Å²) in [4.78, 5) is 0. The van der Waals surface area contributed by atoms with Gasteiger partial charge in [-0.1, -0.05) is 91.7 Å². The molecule has 0 saturated carbocycles. The third kappa shape index (κ3) is 8.60. The summed E-state index contributed by atoms with van der Waals surface area (Å²) in [6, 6.07) is 13.5. The molecule has 4 aromatic carbocycles. The Kier molecular flexibility index (Phi) is 17.2. The Balaban J connectivity index is 0.000000604. The molecule has 0 amide bonds. The first-order valence-electron chi connectivity index (χ1n) is 12.6. The number of halogens is 2. The maximum Gasteiger partial charge on any atom is 0.0307 e. The Morgan fingerprint density at radius 3 is 1.19 bits per heavy atom. The molecule has 0 fully saturated rings. The van der Waals surface area contributed by atoms with E-state index in [1.54, 1.807) is 0 Å². The van der Waals surface area contributed by atoms with Crippen LogP contribution < -0.4 is 0 Å². The van der Waals surface area contributed by atoms with Crippen molar-refractivity contribution in [2.45, 2.75) is 92.1 Å². The van der Waals surface area contributed by atoms with Crippen LogP contribution in [0.1, 0.15) is 84.0 Å². The molecule has 0 aliphatic carbocycles. The fraction of sp³-hybridized carbons (Fsp3) is 0.438. The van der Waals surface area contributed by atoms with E-state index in [-0.39, 0.29) is 52.4 Å². The Morgan fingerprint density at radius 1 is 0.649 bits per heavy atom. The summed E-state index contributed by atoms with van der Waals surface area (Å²) < 4.78 is 0. The molecule has 37 heavy (non-hydrogen) atoms. The molecular weight excluding hydrogens is 666 g/mol. The van der Waals surface area contributed by atoms with Gasteiger partial charge < -0.3 is 0 Å².